The molecule has 1 aliphatic carbocycles. The number of fused-ring (bicyclic) bond motifs is 1. The Labute approximate surface area is 207 Å². The summed E-state index contributed by atoms with van der Waals surface area (Å²) in [6.07, 6.45) is -0.939. The maximum atomic E-state index is 13.4. The van der Waals surface area contributed by atoms with Crippen LogP contribution in [0, 0.1) is 5.21 Å². The molecule has 36 heavy (non-hydrogen) atoms. The molecule has 2 aromatic rings. The topological polar surface area (TPSA) is 113 Å². The molecule has 2 aliphatic rings. The van der Waals surface area contributed by atoms with Gasteiger partial charge in [0.05, 0.1) is 23.0 Å². The molecule has 1 aromatic heterocycles. The van der Waals surface area contributed by atoms with Crippen LogP contribution in [0.3, 0.4) is 0 Å². The summed E-state index contributed by atoms with van der Waals surface area (Å²) in [5.41, 5.74) is -0.889. The molecule has 3 N–H and O–H groups in total. The largest absolute Gasteiger partial charge is 0.710 e. The standard InChI is InChI=1S/C24H31F3N6O3/c1-13(2)29-16-5-7-21(19(11-16)30-14(3)34)32-9-8-18(23(32)35)31-22-17-10-15(24(25,26)27)4-6-20(17)33(36)12-28-22/h4,6,10,12-13,16,18-19,21,29H,5,7-9,11H2,1-3H3,(H,28,31)(H,30,34)/t16-,18+,19-,21+/m1/s1. The van der Waals surface area contributed by atoms with E-state index >= 15 is 0 Å². The van der Waals surface area contributed by atoms with E-state index in [2.05, 4.69) is 34.8 Å². The number of aromatic nitrogens is 2. The van der Waals surface area contributed by atoms with Crippen LogP contribution in [0.1, 0.15) is 52.0 Å². The monoisotopic (exact) mass is 508 g/mol. The summed E-state index contributed by atoms with van der Waals surface area (Å²) in [6, 6.07) is 2.24. The Morgan fingerprint density at radius 3 is 2.67 bits per heavy atom. The van der Waals surface area contributed by atoms with Crippen LogP contribution in [0.4, 0.5) is 19.0 Å². The lowest BCUT2D eigenvalue weighted by Crippen LogP contribution is -2.58. The van der Waals surface area contributed by atoms with Crippen LogP contribution in [0.2, 0.25) is 0 Å². The molecule has 4 atom stereocenters. The number of carbonyl (C=O) groups excluding carboxylic acids is 2. The summed E-state index contributed by atoms with van der Waals surface area (Å²) in [5.74, 6) is -0.319. The molecule has 0 unspecified atom stereocenters. The van der Waals surface area contributed by atoms with Gasteiger partial charge in [-0.05, 0) is 48.9 Å². The van der Waals surface area contributed by atoms with Crippen molar-refractivity contribution in [3.63, 3.8) is 0 Å². The van der Waals surface area contributed by atoms with Gasteiger partial charge in [0, 0.05) is 25.6 Å². The fraction of sp³-hybridized carbons (Fsp3) is 0.583. The number of amides is 2. The number of nitrogens with one attached hydrogen (secondary N) is 3. The number of hydrogen-bond acceptors (Lipinski definition) is 6. The summed E-state index contributed by atoms with van der Waals surface area (Å²) in [4.78, 5) is 31.0. The molecule has 1 saturated heterocycles. The second kappa shape index (κ2) is 10.1. The van der Waals surface area contributed by atoms with Gasteiger partial charge < -0.3 is 26.1 Å². The lowest BCUT2D eigenvalue weighted by atomic mass is 9.85. The van der Waals surface area contributed by atoms with Crippen molar-refractivity contribution in [1.29, 1.82) is 0 Å². The molecule has 196 valence electrons. The van der Waals surface area contributed by atoms with Crippen molar-refractivity contribution in [2.24, 2.45) is 0 Å². The molecule has 0 radical (unpaired) electrons. The Balaban J connectivity index is 1.54. The average Bonchev–Trinajstić information content (AvgIpc) is 3.14. The summed E-state index contributed by atoms with van der Waals surface area (Å²) < 4.78 is 40.2. The van der Waals surface area contributed by atoms with E-state index in [4.69, 9.17) is 0 Å². The number of hydrogen-bond donors (Lipinski definition) is 3. The van der Waals surface area contributed by atoms with Crippen molar-refractivity contribution < 1.29 is 27.5 Å². The van der Waals surface area contributed by atoms with Crippen LogP contribution in [0.25, 0.3) is 10.9 Å². The van der Waals surface area contributed by atoms with Crippen LogP contribution in [0.15, 0.2) is 24.5 Å². The lowest BCUT2D eigenvalue weighted by Gasteiger charge is -2.42. The van der Waals surface area contributed by atoms with Crippen LogP contribution >= 0.6 is 0 Å². The van der Waals surface area contributed by atoms with Crippen LogP contribution in [0.5, 0.6) is 0 Å². The summed E-state index contributed by atoms with van der Waals surface area (Å²) >= 11 is 0. The van der Waals surface area contributed by atoms with Crippen molar-refractivity contribution in [3.8, 4) is 0 Å². The number of likely N-dealkylation sites (tertiary alicyclic amines) is 1. The van der Waals surface area contributed by atoms with E-state index in [1.165, 1.54) is 6.92 Å². The smallest absolute Gasteiger partial charge is 0.416 e. The number of carbonyl (C=O) groups is 2. The molecule has 1 saturated carbocycles. The number of alkyl halides is 3. The summed E-state index contributed by atoms with van der Waals surface area (Å²) in [6.45, 7) is 6.02. The number of benzene rings is 1. The molecule has 1 aromatic carbocycles. The third-order valence-electron chi connectivity index (χ3n) is 6.83. The van der Waals surface area contributed by atoms with Gasteiger partial charge in [0.2, 0.25) is 11.8 Å². The first kappa shape index (κ1) is 25.9. The molecule has 0 bridgehead atoms. The lowest BCUT2D eigenvalue weighted by molar-refractivity contribution is -0.580. The van der Waals surface area contributed by atoms with E-state index < -0.39 is 17.8 Å². The predicted molar refractivity (Wildman–Crippen MR) is 127 cm³/mol. The minimum atomic E-state index is -4.59. The number of anilines is 1. The van der Waals surface area contributed by atoms with Gasteiger partial charge in [0.15, 0.2) is 0 Å². The van der Waals surface area contributed by atoms with E-state index in [1.807, 2.05) is 0 Å². The summed E-state index contributed by atoms with van der Waals surface area (Å²) in [7, 11) is 0. The molecular weight excluding hydrogens is 477 g/mol. The quantitative estimate of drug-likeness (QED) is 0.408. The number of halogens is 3. The molecule has 1 aliphatic heterocycles. The van der Waals surface area contributed by atoms with E-state index in [-0.39, 0.29) is 46.7 Å². The van der Waals surface area contributed by atoms with E-state index in [9.17, 15) is 28.0 Å². The Morgan fingerprint density at radius 1 is 1.25 bits per heavy atom. The van der Waals surface area contributed by atoms with Gasteiger partial charge in [-0.1, -0.05) is 13.8 Å². The Kier molecular flexibility index (Phi) is 7.26. The fourth-order valence-corrected chi connectivity index (χ4v) is 5.35. The van der Waals surface area contributed by atoms with Crippen molar-refractivity contribution in [3.05, 3.63) is 35.3 Å². The maximum Gasteiger partial charge on any atom is 0.416 e. The highest BCUT2D eigenvalue weighted by Crippen LogP contribution is 2.33. The Hall–Kier alpha value is -3.15. The molecule has 2 amide bonds. The zero-order valence-corrected chi connectivity index (χ0v) is 20.4. The predicted octanol–water partition coefficient (Wildman–Crippen LogP) is 2.32. The molecule has 2 heterocycles. The van der Waals surface area contributed by atoms with Gasteiger partial charge >= 0.3 is 6.18 Å². The van der Waals surface area contributed by atoms with Crippen LogP contribution in [-0.2, 0) is 15.8 Å². The molecule has 2 fully saturated rings. The molecule has 9 nitrogen and oxygen atoms in total. The first-order valence-electron chi connectivity index (χ1n) is 12.1. The molecule has 12 heteroatoms. The second-order valence-corrected chi connectivity index (χ2v) is 9.87. The van der Waals surface area contributed by atoms with Crippen LogP contribution < -0.4 is 20.7 Å². The maximum absolute atomic E-state index is 13.4. The third kappa shape index (κ3) is 5.48. The zero-order chi connectivity index (χ0) is 26.2. The van der Waals surface area contributed by atoms with Crippen molar-refractivity contribution in [1.82, 2.24) is 20.5 Å². The van der Waals surface area contributed by atoms with E-state index in [1.54, 1.807) is 4.90 Å². The van der Waals surface area contributed by atoms with Gasteiger partial charge in [-0.3, -0.25) is 9.59 Å². The highest BCUT2D eigenvalue weighted by molar-refractivity contribution is 5.92. The highest BCUT2D eigenvalue weighted by atomic mass is 19.4. The van der Waals surface area contributed by atoms with E-state index in [0.29, 0.717) is 36.6 Å². The number of rotatable bonds is 6. The normalized spacial score (nSPS) is 25.0. The van der Waals surface area contributed by atoms with Crippen LogP contribution in [-0.4, -0.2) is 58.5 Å². The van der Waals surface area contributed by atoms with Gasteiger partial charge in [0.25, 0.3) is 12.1 Å². The number of nitrogens with zero attached hydrogens (tertiary/aromatic N) is 3. The minimum Gasteiger partial charge on any atom is -0.710 e. The molecular formula is C24H31F3N6O3. The van der Waals surface area contributed by atoms with Gasteiger partial charge in [-0.2, -0.15) is 13.2 Å². The highest BCUT2D eigenvalue weighted by Gasteiger charge is 2.42. The Morgan fingerprint density at radius 2 is 2.00 bits per heavy atom. The van der Waals surface area contributed by atoms with Crippen molar-refractivity contribution >= 4 is 28.5 Å². The first-order chi connectivity index (χ1) is 16.9. The van der Waals surface area contributed by atoms with Gasteiger partial charge in [-0.15, -0.1) is 0 Å². The first-order valence-corrected chi connectivity index (χ1v) is 12.1. The SMILES string of the molecule is CC(=O)N[C@@H]1C[C@H](NC(C)C)CC[C@@H]1N1CC[C@H](Nc2nc[n+]([O-])c3ccc(C(F)(F)F)cc23)C1=O. The molecule has 0 spiro atoms. The fourth-order valence-electron chi connectivity index (χ4n) is 5.35. The van der Waals surface area contributed by atoms with Gasteiger partial charge in [0.1, 0.15) is 11.6 Å². The Bertz CT molecular complexity index is 1140. The van der Waals surface area contributed by atoms with E-state index in [0.717, 1.165) is 30.9 Å². The van der Waals surface area contributed by atoms with Crippen molar-refractivity contribution in [2.45, 2.75) is 82.8 Å². The second-order valence-electron chi connectivity index (χ2n) is 9.87. The van der Waals surface area contributed by atoms with Gasteiger partial charge in [-0.25, -0.2) is 4.73 Å². The molecule has 4 rings (SSSR count). The minimum absolute atomic E-state index is 0.00929. The summed E-state index contributed by atoms with van der Waals surface area (Å²) in [5, 5.41) is 21.6. The zero-order valence-electron chi connectivity index (χ0n) is 20.4. The third-order valence-corrected chi connectivity index (χ3v) is 6.83. The van der Waals surface area contributed by atoms with Crippen molar-refractivity contribution in [2.75, 3.05) is 11.9 Å². The average molecular weight is 509 g/mol.